The van der Waals surface area contributed by atoms with Gasteiger partial charge >= 0.3 is 15.6 Å². The van der Waals surface area contributed by atoms with E-state index >= 15 is 0 Å². The van der Waals surface area contributed by atoms with Crippen LogP contribution in [0.15, 0.2) is 9.81 Å². The van der Waals surface area contributed by atoms with Gasteiger partial charge in [-0.1, -0.05) is 23.2 Å². The van der Waals surface area contributed by atoms with E-state index in [9.17, 15) is 9.13 Å². The van der Waals surface area contributed by atoms with Crippen LogP contribution in [-0.2, 0) is 9.13 Å². The summed E-state index contributed by atoms with van der Waals surface area (Å²) in [5, 5.41) is -0.713. The Morgan fingerprint density at radius 2 is 1.83 bits per heavy atom. The van der Waals surface area contributed by atoms with Crippen LogP contribution in [-0.4, -0.2) is 20.8 Å². The molecule has 0 aromatic carbocycles. The maximum absolute atomic E-state index is 10.5. The third-order valence-corrected chi connectivity index (χ3v) is 3.50. The number of halogens is 2. The van der Waals surface area contributed by atoms with E-state index in [0.29, 0.717) is 0 Å². The van der Waals surface area contributed by atoms with E-state index in [1.54, 1.807) is 0 Å². The Labute approximate surface area is 79.0 Å². The number of hydrogen-bond donors (Lipinski definition) is 3. The molecule has 12 heavy (non-hydrogen) atoms. The van der Waals surface area contributed by atoms with Gasteiger partial charge in [0.1, 0.15) is 9.81 Å². The minimum atomic E-state index is -4.61. The molecule has 0 aliphatic heterocycles. The lowest BCUT2D eigenvalue weighted by molar-refractivity contribution is 0.381. The molecule has 1 atom stereocenters. The largest absolute Gasteiger partial charge is 0.510 e. The smallest absolute Gasteiger partial charge is 0.321 e. The third-order valence-electron chi connectivity index (χ3n) is 0.855. The second-order valence-electron chi connectivity index (χ2n) is 1.76. The highest BCUT2D eigenvalue weighted by atomic mass is 35.5. The van der Waals surface area contributed by atoms with E-state index < -0.39 is 31.6 Å². The molecule has 0 radical (unpaired) electrons. The fraction of sp³-hybridized carbons (Fsp3) is 0.333. The van der Waals surface area contributed by atoms with Crippen LogP contribution in [0.3, 0.4) is 0 Å². The van der Waals surface area contributed by atoms with Crippen molar-refractivity contribution in [3.63, 3.8) is 0 Å². The molecule has 0 saturated heterocycles. The summed E-state index contributed by atoms with van der Waals surface area (Å²) in [5.41, 5.74) is 0. The van der Waals surface area contributed by atoms with Crippen LogP contribution in [0.25, 0.3) is 0 Å². The SMILES string of the molecule is O=[P+](O)CC(=C(Cl)Cl)P(=O)(O)O. The Morgan fingerprint density at radius 1 is 1.42 bits per heavy atom. The fourth-order valence-corrected chi connectivity index (χ4v) is 3.11. The van der Waals surface area contributed by atoms with E-state index in [0.717, 1.165) is 0 Å². The van der Waals surface area contributed by atoms with Crippen molar-refractivity contribution >= 4 is 38.8 Å². The highest BCUT2D eigenvalue weighted by molar-refractivity contribution is 7.58. The molecule has 3 N–H and O–H groups in total. The topological polar surface area (TPSA) is 94.8 Å². The Hall–Kier alpha value is 0.530. The quantitative estimate of drug-likeness (QED) is 0.664. The van der Waals surface area contributed by atoms with E-state index in [-0.39, 0.29) is 0 Å². The van der Waals surface area contributed by atoms with Gasteiger partial charge in [0.2, 0.25) is 6.16 Å². The Balaban J connectivity index is 4.85. The van der Waals surface area contributed by atoms with Crippen LogP contribution in [0.4, 0.5) is 0 Å². The van der Waals surface area contributed by atoms with Gasteiger partial charge in [0.05, 0.1) is 0 Å². The van der Waals surface area contributed by atoms with Gasteiger partial charge in [-0.2, -0.15) is 4.89 Å². The van der Waals surface area contributed by atoms with Crippen molar-refractivity contribution in [2.45, 2.75) is 0 Å². The predicted molar refractivity (Wildman–Crippen MR) is 45.5 cm³/mol. The summed E-state index contributed by atoms with van der Waals surface area (Å²) in [6.07, 6.45) is -0.720. The van der Waals surface area contributed by atoms with E-state index in [1.807, 2.05) is 0 Å². The highest BCUT2D eigenvalue weighted by Gasteiger charge is 2.31. The van der Waals surface area contributed by atoms with Gasteiger partial charge < -0.3 is 9.79 Å². The summed E-state index contributed by atoms with van der Waals surface area (Å²) in [6, 6.07) is 0. The molecule has 0 spiro atoms. The summed E-state index contributed by atoms with van der Waals surface area (Å²) < 4.78 is 20.1. The number of rotatable bonds is 3. The summed E-state index contributed by atoms with van der Waals surface area (Å²) in [5.74, 6) is 0. The molecule has 0 saturated carbocycles. The lowest BCUT2D eigenvalue weighted by Crippen LogP contribution is -1.90. The molecule has 0 aliphatic rings. The molecular weight excluding hydrogens is 249 g/mol. The summed E-state index contributed by atoms with van der Waals surface area (Å²) in [4.78, 5) is 25.4. The van der Waals surface area contributed by atoms with Crippen molar-refractivity contribution in [3.8, 4) is 0 Å². The van der Waals surface area contributed by atoms with Gasteiger partial charge in [0.25, 0.3) is 0 Å². The molecule has 70 valence electrons. The molecule has 0 aromatic heterocycles. The third kappa shape index (κ3) is 4.53. The first kappa shape index (κ1) is 12.5. The summed E-state index contributed by atoms with van der Waals surface area (Å²) >= 11 is 10.2. The first-order valence-electron chi connectivity index (χ1n) is 2.49. The molecule has 0 aromatic rings. The molecule has 0 fully saturated rings. The van der Waals surface area contributed by atoms with Gasteiger partial charge in [-0.15, -0.1) is 0 Å². The van der Waals surface area contributed by atoms with E-state index in [4.69, 9.17) is 37.9 Å². The summed E-state index contributed by atoms with van der Waals surface area (Å²) in [7, 11) is -7.32. The number of allylic oxidation sites excluding steroid dienone is 1. The van der Waals surface area contributed by atoms with Crippen LogP contribution in [0.2, 0.25) is 0 Å². The molecule has 1 unspecified atom stereocenters. The Morgan fingerprint density at radius 3 is 1.92 bits per heavy atom. The summed E-state index contributed by atoms with van der Waals surface area (Å²) in [6.45, 7) is 0. The molecule has 0 amide bonds. The van der Waals surface area contributed by atoms with Crippen molar-refractivity contribution in [1.82, 2.24) is 0 Å². The van der Waals surface area contributed by atoms with Crippen LogP contribution < -0.4 is 0 Å². The Bertz CT molecular complexity index is 264. The van der Waals surface area contributed by atoms with Crippen LogP contribution in [0.5, 0.6) is 0 Å². The average molecular weight is 254 g/mol. The molecule has 0 aliphatic carbocycles. The normalized spacial score (nSPS) is 12.6. The molecule has 0 rings (SSSR count). The standard InChI is InChI=1S/C3H4Cl2O5P2/c4-3(5)2(1-11(6)7)12(8,9)10/h1H2,(H2-,6,7,8,9,10)/p+1. The van der Waals surface area contributed by atoms with Gasteiger partial charge in [0.15, 0.2) is 0 Å². The first-order chi connectivity index (χ1) is 5.25. The fourth-order valence-electron chi connectivity index (χ4n) is 0.390. The minimum Gasteiger partial charge on any atom is -0.321 e. The Kier molecular flexibility index (Phi) is 4.89. The van der Waals surface area contributed by atoms with Crippen LogP contribution in [0, 0.1) is 0 Å². The second kappa shape index (κ2) is 4.68. The maximum atomic E-state index is 10.5. The average Bonchev–Trinajstić information content (AvgIpc) is 1.79. The van der Waals surface area contributed by atoms with Crippen molar-refractivity contribution in [2.24, 2.45) is 0 Å². The predicted octanol–water partition coefficient (Wildman–Crippen LogP) is 1.55. The van der Waals surface area contributed by atoms with Gasteiger partial charge in [-0.25, -0.2) is 0 Å². The molecule has 5 nitrogen and oxygen atoms in total. The minimum absolute atomic E-state index is 0.666. The van der Waals surface area contributed by atoms with Crippen molar-refractivity contribution in [3.05, 3.63) is 9.81 Å². The molecule has 0 heterocycles. The maximum Gasteiger partial charge on any atom is 0.510 e. The zero-order valence-corrected chi connectivity index (χ0v) is 8.82. The first-order valence-corrected chi connectivity index (χ1v) is 6.25. The lowest BCUT2D eigenvalue weighted by atomic mass is 10.7. The van der Waals surface area contributed by atoms with E-state index in [1.165, 1.54) is 0 Å². The van der Waals surface area contributed by atoms with E-state index in [2.05, 4.69) is 0 Å². The zero-order valence-electron chi connectivity index (χ0n) is 5.52. The highest BCUT2D eigenvalue weighted by Crippen LogP contribution is 2.50. The number of hydrogen-bond acceptors (Lipinski definition) is 2. The van der Waals surface area contributed by atoms with Gasteiger partial charge in [-0.3, -0.25) is 4.57 Å². The molecule has 9 heteroatoms. The zero-order chi connectivity index (χ0) is 9.94. The van der Waals surface area contributed by atoms with Crippen LogP contribution in [0.1, 0.15) is 0 Å². The van der Waals surface area contributed by atoms with Crippen LogP contribution >= 0.6 is 38.8 Å². The van der Waals surface area contributed by atoms with Gasteiger partial charge in [0, 0.05) is 0 Å². The molecular formula is C3H5Cl2O5P2+. The van der Waals surface area contributed by atoms with Crippen molar-refractivity contribution < 1.29 is 23.8 Å². The monoisotopic (exact) mass is 253 g/mol. The van der Waals surface area contributed by atoms with Gasteiger partial charge in [-0.05, 0) is 4.57 Å². The van der Waals surface area contributed by atoms with Crippen molar-refractivity contribution in [2.75, 3.05) is 6.16 Å². The second-order valence-corrected chi connectivity index (χ2v) is 5.36. The van der Waals surface area contributed by atoms with Crippen molar-refractivity contribution in [1.29, 1.82) is 0 Å². The lowest BCUT2D eigenvalue weighted by Gasteiger charge is -2.02. The molecule has 0 bridgehead atoms.